The van der Waals surface area contributed by atoms with Gasteiger partial charge in [0.2, 0.25) is 10.0 Å². The van der Waals surface area contributed by atoms with Crippen LogP contribution in [0.25, 0.3) is 11.0 Å². The second-order valence-corrected chi connectivity index (χ2v) is 5.77. The topological polar surface area (TPSA) is 98.0 Å². The van der Waals surface area contributed by atoms with Gasteiger partial charge >= 0.3 is 0 Å². The Morgan fingerprint density at radius 1 is 1.10 bits per heavy atom. The normalized spacial score (nSPS) is 11.8. The summed E-state index contributed by atoms with van der Waals surface area (Å²) in [5.41, 5.74) is 1.23. The van der Waals surface area contributed by atoms with Crippen molar-refractivity contribution in [1.29, 1.82) is 0 Å². The Bertz CT molecular complexity index is 830. The standard InChI is InChI=1S/C12H10N4O3S/c17-20(18,14-8-9-4-1-2-7-13-9)11-6-3-5-10-12(11)16-19-15-10/h1-7,14H,8H2. The van der Waals surface area contributed by atoms with Crippen molar-refractivity contribution in [3.8, 4) is 0 Å². The van der Waals surface area contributed by atoms with Gasteiger partial charge in [-0.05, 0) is 34.6 Å². The molecule has 0 spiro atoms. The summed E-state index contributed by atoms with van der Waals surface area (Å²) in [7, 11) is -3.71. The van der Waals surface area contributed by atoms with Crippen LogP contribution in [0.1, 0.15) is 5.69 Å². The molecule has 1 N–H and O–H groups in total. The van der Waals surface area contributed by atoms with E-state index in [0.717, 1.165) is 0 Å². The Morgan fingerprint density at radius 2 is 2.00 bits per heavy atom. The third kappa shape index (κ3) is 2.38. The van der Waals surface area contributed by atoms with Crippen LogP contribution in [0.2, 0.25) is 0 Å². The Morgan fingerprint density at radius 3 is 2.80 bits per heavy atom. The third-order valence-electron chi connectivity index (χ3n) is 2.71. The lowest BCUT2D eigenvalue weighted by Gasteiger charge is -2.06. The van der Waals surface area contributed by atoms with E-state index >= 15 is 0 Å². The maximum absolute atomic E-state index is 12.3. The van der Waals surface area contributed by atoms with Gasteiger partial charge in [0.15, 0.2) is 5.52 Å². The molecule has 3 aromatic rings. The van der Waals surface area contributed by atoms with E-state index in [-0.39, 0.29) is 17.0 Å². The summed E-state index contributed by atoms with van der Waals surface area (Å²) < 4.78 is 31.6. The SMILES string of the molecule is O=S(=O)(NCc1ccccn1)c1cccc2nonc12. The molecule has 0 saturated heterocycles. The molecule has 0 aliphatic heterocycles. The van der Waals surface area contributed by atoms with Crippen LogP contribution in [-0.4, -0.2) is 23.7 Å². The Balaban J connectivity index is 1.90. The molecule has 0 aliphatic carbocycles. The van der Waals surface area contributed by atoms with Crippen molar-refractivity contribution >= 4 is 21.1 Å². The molecule has 7 nitrogen and oxygen atoms in total. The van der Waals surface area contributed by atoms with Crippen molar-refractivity contribution in [2.45, 2.75) is 11.4 Å². The highest BCUT2D eigenvalue weighted by molar-refractivity contribution is 7.89. The van der Waals surface area contributed by atoms with Gasteiger partial charge in [0.25, 0.3) is 0 Å². The molecule has 0 bridgehead atoms. The molecule has 0 atom stereocenters. The fraction of sp³-hybridized carbons (Fsp3) is 0.0833. The number of hydrogen-bond donors (Lipinski definition) is 1. The van der Waals surface area contributed by atoms with Gasteiger partial charge in [0, 0.05) is 6.20 Å². The number of benzene rings is 1. The zero-order valence-corrected chi connectivity index (χ0v) is 11.0. The summed E-state index contributed by atoms with van der Waals surface area (Å²) >= 11 is 0. The van der Waals surface area contributed by atoms with E-state index < -0.39 is 10.0 Å². The van der Waals surface area contributed by atoms with E-state index in [1.54, 1.807) is 36.5 Å². The zero-order chi connectivity index (χ0) is 14.0. The number of pyridine rings is 1. The van der Waals surface area contributed by atoms with E-state index in [1.165, 1.54) is 6.07 Å². The second kappa shape index (κ2) is 4.99. The minimum absolute atomic E-state index is 0.0344. The first-order valence-electron chi connectivity index (χ1n) is 5.78. The molecule has 2 heterocycles. The van der Waals surface area contributed by atoms with Crippen molar-refractivity contribution in [2.24, 2.45) is 0 Å². The van der Waals surface area contributed by atoms with Crippen LogP contribution in [0.3, 0.4) is 0 Å². The van der Waals surface area contributed by atoms with Gasteiger partial charge in [-0.15, -0.1) is 0 Å². The number of fused-ring (bicyclic) bond motifs is 1. The van der Waals surface area contributed by atoms with E-state index in [1.807, 2.05) is 0 Å². The quantitative estimate of drug-likeness (QED) is 0.772. The molecule has 20 heavy (non-hydrogen) atoms. The molecule has 0 fully saturated rings. The fourth-order valence-corrected chi connectivity index (χ4v) is 2.90. The summed E-state index contributed by atoms with van der Waals surface area (Å²) in [6, 6.07) is 9.96. The van der Waals surface area contributed by atoms with Gasteiger partial charge in [-0.2, -0.15) is 0 Å². The Hall–Kier alpha value is -2.32. The molecular formula is C12H10N4O3S. The van der Waals surface area contributed by atoms with Crippen molar-refractivity contribution < 1.29 is 13.0 Å². The van der Waals surface area contributed by atoms with Crippen LogP contribution in [0.15, 0.2) is 52.1 Å². The first-order valence-corrected chi connectivity index (χ1v) is 7.26. The average molecular weight is 290 g/mol. The van der Waals surface area contributed by atoms with Gasteiger partial charge in [-0.3, -0.25) is 4.98 Å². The van der Waals surface area contributed by atoms with Crippen LogP contribution in [0.5, 0.6) is 0 Å². The third-order valence-corrected chi connectivity index (χ3v) is 4.14. The van der Waals surface area contributed by atoms with Gasteiger partial charge in [-0.25, -0.2) is 17.8 Å². The van der Waals surface area contributed by atoms with Crippen LogP contribution >= 0.6 is 0 Å². The molecular weight excluding hydrogens is 280 g/mol. The predicted molar refractivity (Wildman–Crippen MR) is 70.1 cm³/mol. The van der Waals surface area contributed by atoms with Gasteiger partial charge in [-0.1, -0.05) is 12.1 Å². The lowest BCUT2D eigenvalue weighted by atomic mass is 10.3. The van der Waals surface area contributed by atoms with E-state index in [9.17, 15) is 8.42 Å². The number of nitrogens with zero attached hydrogens (tertiary/aromatic N) is 3. The fourth-order valence-electron chi connectivity index (χ4n) is 1.75. The number of nitrogens with one attached hydrogen (secondary N) is 1. The first-order chi connectivity index (χ1) is 9.67. The lowest BCUT2D eigenvalue weighted by molar-refractivity contribution is 0.315. The van der Waals surface area contributed by atoms with Crippen LogP contribution in [0.4, 0.5) is 0 Å². The highest BCUT2D eigenvalue weighted by Crippen LogP contribution is 2.19. The summed E-state index contributed by atoms with van der Waals surface area (Å²) in [5, 5.41) is 7.24. The largest absolute Gasteiger partial charge is 0.260 e. The van der Waals surface area contributed by atoms with Crippen LogP contribution in [-0.2, 0) is 16.6 Å². The first kappa shape index (κ1) is 12.7. The molecule has 3 rings (SSSR count). The van der Waals surface area contributed by atoms with Crippen LogP contribution < -0.4 is 4.72 Å². The lowest BCUT2D eigenvalue weighted by Crippen LogP contribution is -2.24. The molecule has 0 radical (unpaired) electrons. The van der Waals surface area contributed by atoms with Gasteiger partial charge in [0.05, 0.1) is 12.2 Å². The predicted octanol–water partition coefficient (Wildman–Crippen LogP) is 1.10. The molecule has 1 aromatic carbocycles. The summed E-state index contributed by atoms with van der Waals surface area (Å²) in [6.45, 7) is 0.102. The number of rotatable bonds is 4. The van der Waals surface area contributed by atoms with E-state index in [2.05, 4.69) is 24.6 Å². The zero-order valence-electron chi connectivity index (χ0n) is 10.2. The summed E-state index contributed by atoms with van der Waals surface area (Å²) in [6.07, 6.45) is 1.60. The average Bonchev–Trinajstić information content (AvgIpc) is 2.94. The molecule has 0 aliphatic rings. The summed E-state index contributed by atoms with van der Waals surface area (Å²) in [4.78, 5) is 4.09. The molecule has 0 saturated carbocycles. The molecule has 8 heteroatoms. The van der Waals surface area contributed by atoms with Crippen molar-refractivity contribution in [3.63, 3.8) is 0 Å². The van der Waals surface area contributed by atoms with Gasteiger partial charge < -0.3 is 0 Å². The van der Waals surface area contributed by atoms with Crippen molar-refractivity contribution in [3.05, 3.63) is 48.3 Å². The minimum atomic E-state index is -3.71. The van der Waals surface area contributed by atoms with Crippen molar-refractivity contribution in [2.75, 3.05) is 0 Å². The van der Waals surface area contributed by atoms with Gasteiger partial charge in [0.1, 0.15) is 10.4 Å². The van der Waals surface area contributed by atoms with E-state index in [0.29, 0.717) is 11.2 Å². The Labute approximate surface area is 114 Å². The molecule has 102 valence electrons. The number of aromatic nitrogens is 3. The summed E-state index contributed by atoms with van der Waals surface area (Å²) in [5.74, 6) is 0. The minimum Gasteiger partial charge on any atom is -0.260 e. The van der Waals surface area contributed by atoms with Crippen molar-refractivity contribution in [1.82, 2.24) is 20.0 Å². The Kier molecular flexibility index (Phi) is 3.17. The number of sulfonamides is 1. The number of hydrogen-bond acceptors (Lipinski definition) is 6. The molecule has 2 aromatic heterocycles. The molecule has 0 amide bonds. The molecule has 0 unspecified atom stereocenters. The maximum atomic E-state index is 12.3. The van der Waals surface area contributed by atoms with E-state index in [4.69, 9.17) is 0 Å². The smallest absolute Gasteiger partial charge is 0.243 e. The maximum Gasteiger partial charge on any atom is 0.243 e. The highest BCUT2D eigenvalue weighted by Gasteiger charge is 2.19. The monoisotopic (exact) mass is 290 g/mol. The highest BCUT2D eigenvalue weighted by atomic mass is 32.2. The second-order valence-electron chi connectivity index (χ2n) is 4.03. The van der Waals surface area contributed by atoms with Crippen LogP contribution in [0, 0.1) is 0 Å².